The highest BCUT2D eigenvalue weighted by molar-refractivity contribution is 5.98. The lowest BCUT2D eigenvalue weighted by Crippen LogP contribution is -2.49. The van der Waals surface area contributed by atoms with E-state index >= 15 is 0 Å². The van der Waals surface area contributed by atoms with Crippen LogP contribution in [0.5, 0.6) is 11.5 Å². The number of carbonyl (C=O) groups is 2. The maximum Gasteiger partial charge on any atom is 0.328 e. The van der Waals surface area contributed by atoms with Gasteiger partial charge in [0.1, 0.15) is 6.04 Å². The van der Waals surface area contributed by atoms with Crippen molar-refractivity contribution < 1.29 is 24.5 Å². The Morgan fingerprint density at radius 3 is 2.33 bits per heavy atom. The number of benzene rings is 2. The van der Waals surface area contributed by atoms with Crippen LogP contribution in [-0.4, -0.2) is 41.9 Å². The second-order valence-corrected chi connectivity index (χ2v) is 6.24. The van der Waals surface area contributed by atoms with Gasteiger partial charge >= 0.3 is 12.0 Å². The lowest BCUT2D eigenvalue weighted by molar-refractivity contribution is -0.141. The number of hydrogen-bond donors (Lipinski definition) is 3. The predicted molar refractivity (Wildman–Crippen MR) is 102 cm³/mol. The third-order valence-electron chi connectivity index (χ3n) is 4.31. The third-order valence-corrected chi connectivity index (χ3v) is 4.31. The molecule has 0 saturated heterocycles. The molecule has 27 heavy (non-hydrogen) atoms. The number of ether oxygens (including phenoxy) is 1. The minimum Gasteiger partial charge on any atom is -0.504 e. The number of rotatable bonds is 6. The minimum absolute atomic E-state index is 0.0682. The monoisotopic (exact) mass is 372 g/mol. The maximum absolute atomic E-state index is 12.8. The lowest BCUT2D eigenvalue weighted by Gasteiger charge is -2.28. The van der Waals surface area contributed by atoms with Crippen molar-refractivity contribution in [2.75, 3.05) is 18.6 Å². The zero-order valence-corrected chi connectivity index (χ0v) is 15.5. The number of urea groups is 1. The van der Waals surface area contributed by atoms with Crippen LogP contribution in [0.1, 0.15) is 25.3 Å². The topological polar surface area (TPSA) is 99.1 Å². The van der Waals surface area contributed by atoms with E-state index < -0.39 is 18.0 Å². The largest absolute Gasteiger partial charge is 0.504 e. The first-order valence-electron chi connectivity index (χ1n) is 8.57. The van der Waals surface area contributed by atoms with Crippen LogP contribution in [0.25, 0.3) is 0 Å². The molecular weight excluding hydrogens is 348 g/mol. The molecule has 2 rings (SSSR count). The maximum atomic E-state index is 12.8. The van der Waals surface area contributed by atoms with Crippen LogP contribution < -0.4 is 10.2 Å². The molecule has 0 aliphatic rings. The van der Waals surface area contributed by atoms with Crippen molar-refractivity contribution in [3.8, 4) is 11.5 Å². The summed E-state index contributed by atoms with van der Waals surface area (Å²) in [6, 6.07) is 12.2. The molecule has 0 radical (unpaired) electrons. The Morgan fingerprint density at radius 1 is 1.07 bits per heavy atom. The van der Waals surface area contributed by atoms with E-state index in [9.17, 15) is 19.8 Å². The van der Waals surface area contributed by atoms with Crippen LogP contribution >= 0.6 is 0 Å². The number of phenols is 2. The zero-order chi connectivity index (χ0) is 20.0. The molecule has 0 bridgehead atoms. The van der Waals surface area contributed by atoms with Gasteiger partial charge in [0.15, 0.2) is 11.5 Å². The van der Waals surface area contributed by atoms with E-state index in [-0.39, 0.29) is 23.1 Å². The second kappa shape index (κ2) is 8.93. The van der Waals surface area contributed by atoms with Gasteiger partial charge in [-0.15, -0.1) is 0 Å². The number of carbonyl (C=O) groups excluding carboxylic acids is 2. The molecule has 0 spiro atoms. The number of amides is 2. The van der Waals surface area contributed by atoms with E-state index in [4.69, 9.17) is 4.74 Å². The molecule has 7 nitrogen and oxygen atoms in total. The Bertz CT molecular complexity index is 794. The summed E-state index contributed by atoms with van der Waals surface area (Å²) in [7, 11) is 1.24. The van der Waals surface area contributed by atoms with E-state index in [0.717, 1.165) is 5.56 Å². The molecule has 0 aliphatic heterocycles. The summed E-state index contributed by atoms with van der Waals surface area (Å²) in [4.78, 5) is 26.0. The molecule has 0 aromatic heterocycles. The fraction of sp³-hybridized carbons (Fsp3) is 0.300. The Hall–Kier alpha value is -3.22. The first kappa shape index (κ1) is 20.1. The van der Waals surface area contributed by atoms with Crippen molar-refractivity contribution in [3.05, 3.63) is 54.1 Å². The first-order valence-corrected chi connectivity index (χ1v) is 8.57. The van der Waals surface area contributed by atoms with Gasteiger partial charge in [-0.05, 0) is 30.5 Å². The average Bonchev–Trinajstić information content (AvgIpc) is 2.68. The molecule has 7 heteroatoms. The number of esters is 1. The van der Waals surface area contributed by atoms with Gasteiger partial charge < -0.3 is 20.3 Å². The molecule has 2 aromatic rings. The Morgan fingerprint density at radius 2 is 1.74 bits per heavy atom. The molecule has 0 heterocycles. The van der Waals surface area contributed by atoms with Gasteiger partial charge in [0, 0.05) is 12.6 Å². The summed E-state index contributed by atoms with van der Waals surface area (Å²) in [5.74, 6) is -1.24. The molecule has 144 valence electrons. The SMILES string of the molecule is COC(=O)C(C)N(C(=O)NC[C@@H](C)c1ccccc1)c1ccc(O)c(O)c1. The fourth-order valence-corrected chi connectivity index (χ4v) is 2.68. The number of nitrogens with one attached hydrogen (secondary N) is 1. The molecule has 0 fully saturated rings. The molecule has 2 atom stereocenters. The molecule has 1 unspecified atom stereocenters. The summed E-state index contributed by atoms with van der Waals surface area (Å²) in [5, 5.41) is 22.1. The summed E-state index contributed by atoms with van der Waals surface area (Å²) in [5.41, 5.74) is 1.33. The smallest absolute Gasteiger partial charge is 0.328 e. The van der Waals surface area contributed by atoms with Gasteiger partial charge in [-0.3, -0.25) is 4.90 Å². The van der Waals surface area contributed by atoms with Gasteiger partial charge in [0.05, 0.1) is 12.8 Å². The Kier molecular flexibility index (Phi) is 6.65. The quantitative estimate of drug-likeness (QED) is 0.535. The highest BCUT2D eigenvalue weighted by Gasteiger charge is 2.29. The molecule has 3 N–H and O–H groups in total. The van der Waals surface area contributed by atoms with E-state index in [2.05, 4.69) is 5.32 Å². The number of methoxy groups -OCH3 is 1. The van der Waals surface area contributed by atoms with Gasteiger partial charge in [0.25, 0.3) is 0 Å². The van der Waals surface area contributed by atoms with Crippen LogP contribution in [0, 0.1) is 0 Å². The van der Waals surface area contributed by atoms with E-state index in [1.165, 1.54) is 37.1 Å². The minimum atomic E-state index is -0.925. The number of aromatic hydroxyl groups is 2. The number of anilines is 1. The summed E-state index contributed by atoms with van der Waals surface area (Å²) >= 11 is 0. The van der Waals surface area contributed by atoms with Crippen molar-refractivity contribution in [1.29, 1.82) is 0 Å². The standard InChI is InChI=1S/C20H24N2O5/c1-13(15-7-5-4-6-8-15)12-21-20(26)22(14(2)19(25)27-3)16-9-10-17(23)18(24)11-16/h4-11,13-14,23-24H,12H2,1-3H3,(H,21,26)/t13-,14?/m1/s1. The van der Waals surface area contributed by atoms with Gasteiger partial charge in [0.2, 0.25) is 0 Å². The predicted octanol–water partition coefficient (Wildman–Crippen LogP) is 2.98. The van der Waals surface area contributed by atoms with Crippen LogP contribution in [0.2, 0.25) is 0 Å². The molecule has 0 saturated carbocycles. The summed E-state index contributed by atoms with van der Waals surface area (Å²) < 4.78 is 4.74. The van der Waals surface area contributed by atoms with E-state index in [1.54, 1.807) is 0 Å². The Labute approximate surface area is 158 Å². The highest BCUT2D eigenvalue weighted by atomic mass is 16.5. The Balaban J connectivity index is 2.20. The summed E-state index contributed by atoms with van der Waals surface area (Å²) in [6.45, 7) is 3.86. The van der Waals surface area contributed by atoms with Crippen molar-refractivity contribution in [1.82, 2.24) is 5.32 Å². The molecular formula is C20H24N2O5. The zero-order valence-electron chi connectivity index (χ0n) is 15.5. The van der Waals surface area contributed by atoms with Crippen molar-refractivity contribution in [2.45, 2.75) is 25.8 Å². The lowest BCUT2D eigenvalue weighted by atomic mass is 10.0. The van der Waals surface area contributed by atoms with Gasteiger partial charge in [-0.25, -0.2) is 9.59 Å². The first-order chi connectivity index (χ1) is 12.8. The van der Waals surface area contributed by atoms with Crippen molar-refractivity contribution in [3.63, 3.8) is 0 Å². The van der Waals surface area contributed by atoms with Crippen molar-refractivity contribution >= 4 is 17.7 Å². The van der Waals surface area contributed by atoms with Crippen LogP contribution in [0.3, 0.4) is 0 Å². The highest BCUT2D eigenvalue weighted by Crippen LogP contribution is 2.30. The van der Waals surface area contributed by atoms with Gasteiger partial charge in [-0.1, -0.05) is 37.3 Å². The third kappa shape index (κ3) is 4.91. The van der Waals surface area contributed by atoms with E-state index in [1.807, 2.05) is 37.3 Å². The number of nitrogens with zero attached hydrogens (tertiary/aromatic N) is 1. The number of phenolic OH excluding ortho intramolecular Hbond substituents is 2. The van der Waals surface area contributed by atoms with E-state index in [0.29, 0.717) is 6.54 Å². The summed E-state index contributed by atoms with van der Waals surface area (Å²) in [6.07, 6.45) is 0. The van der Waals surface area contributed by atoms with Gasteiger partial charge in [-0.2, -0.15) is 0 Å². The van der Waals surface area contributed by atoms with Crippen LogP contribution in [0.4, 0.5) is 10.5 Å². The van der Waals surface area contributed by atoms with Crippen LogP contribution in [0.15, 0.2) is 48.5 Å². The normalized spacial score (nSPS) is 12.7. The molecule has 2 aromatic carbocycles. The second-order valence-electron chi connectivity index (χ2n) is 6.24. The number of hydrogen-bond acceptors (Lipinski definition) is 5. The average molecular weight is 372 g/mol. The fourth-order valence-electron chi connectivity index (χ4n) is 2.68. The van der Waals surface area contributed by atoms with Crippen LogP contribution in [-0.2, 0) is 9.53 Å². The molecule has 0 aliphatic carbocycles. The van der Waals surface area contributed by atoms with Crippen molar-refractivity contribution in [2.24, 2.45) is 0 Å². The molecule has 2 amide bonds.